The van der Waals surface area contributed by atoms with Gasteiger partial charge in [-0.05, 0) is 59.6 Å². The molecule has 1 atom stereocenters. The number of halogens is 2. The summed E-state index contributed by atoms with van der Waals surface area (Å²) in [6.07, 6.45) is 0.420. The largest absolute Gasteiger partial charge is 0.448 e. The highest BCUT2D eigenvalue weighted by Crippen LogP contribution is 2.23. The fraction of sp³-hybridized carbons (Fsp3) is 0.188. The van der Waals surface area contributed by atoms with Gasteiger partial charge in [-0.15, -0.1) is 0 Å². The van der Waals surface area contributed by atoms with E-state index in [0.717, 1.165) is 10.0 Å². The van der Waals surface area contributed by atoms with Gasteiger partial charge in [-0.3, -0.25) is 4.79 Å². The van der Waals surface area contributed by atoms with Crippen LogP contribution in [-0.4, -0.2) is 23.0 Å². The molecule has 1 N–H and O–H groups in total. The molecule has 1 aromatic carbocycles. The van der Waals surface area contributed by atoms with E-state index in [0.29, 0.717) is 10.7 Å². The Kier molecular flexibility index (Phi) is 5.74. The first kappa shape index (κ1) is 17.4. The lowest BCUT2D eigenvalue weighted by molar-refractivity contribution is -0.123. The molecule has 0 aliphatic carbocycles. The standard InChI is InChI=1S/C16H14BrClN2O3/c1-9-3-4-13(12(17)7-9)20-15(21)10(2)23-16(22)14-8-11(18)5-6-19-14/h3-8,10H,1-2H3,(H,20,21)/t10-/m0/s1. The Morgan fingerprint density at radius 1 is 1.30 bits per heavy atom. The van der Waals surface area contributed by atoms with Gasteiger partial charge < -0.3 is 10.1 Å². The van der Waals surface area contributed by atoms with Gasteiger partial charge in [-0.1, -0.05) is 17.7 Å². The van der Waals surface area contributed by atoms with Crippen LogP contribution >= 0.6 is 27.5 Å². The van der Waals surface area contributed by atoms with E-state index in [2.05, 4.69) is 26.2 Å². The molecule has 0 aliphatic heterocycles. The van der Waals surface area contributed by atoms with E-state index in [9.17, 15) is 9.59 Å². The predicted molar refractivity (Wildman–Crippen MR) is 91.6 cm³/mol. The molecule has 0 spiro atoms. The lowest BCUT2D eigenvalue weighted by Crippen LogP contribution is -2.30. The molecule has 1 aromatic heterocycles. The second-order valence-corrected chi connectivity index (χ2v) is 6.17. The van der Waals surface area contributed by atoms with Crippen LogP contribution in [0, 0.1) is 6.92 Å². The van der Waals surface area contributed by atoms with Gasteiger partial charge in [0.05, 0.1) is 5.69 Å². The van der Waals surface area contributed by atoms with Crippen LogP contribution in [-0.2, 0) is 9.53 Å². The average Bonchev–Trinajstić information content (AvgIpc) is 2.49. The fourth-order valence-corrected chi connectivity index (χ4v) is 2.50. The van der Waals surface area contributed by atoms with Crippen molar-refractivity contribution in [3.05, 3.63) is 57.3 Å². The third-order valence-electron chi connectivity index (χ3n) is 2.97. The summed E-state index contributed by atoms with van der Waals surface area (Å²) in [5.41, 5.74) is 1.71. The molecular formula is C16H14BrClN2O3. The third kappa shape index (κ3) is 4.77. The minimum Gasteiger partial charge on any atom is -0.448 e. The number of nitrogens with zero attached hydrogens (tertiary/aromatic N) is 1. The summed E-state index contributed by atoms with van der Waals surface area (Å²) in [4.78, 5) is 27.9. The summed E-state index contributed by atoms with van der Waals surface area (Å²) >= 11 is 9.17. The zero-order valence-corrected chi connectivity index (χ0v) is 14.8. The number of amides is 1. The topological polar surface area (TPSA) is 68.3 Å². The number of esters is 1. The highest BCUT2D eigenvalue weighted by atomic mass is 79.9. The maximum Gasteiger partial charge on any atom is 0.357 e. The van der Waals surface area contributed by atoms with Gasteiger partial charge >= 0.3 is 5.97 Å². The van der Waals surface area contributed by atoms with Crippen molar-refractivity contribution in [3.8, 4) is 0 Å². The van der Waals surface area contributed by atoms with Crippen molar-refractivity contribution in [3.63, 3.8) is 0 Å². The summed E-state index contributed by atoms with van der Waals surface area (Å²) in [6, 6.07) is 8.44. The summed E-state index contributed by atoms with van der Waals surface area (Å²) in [5.74, 6) is -1.15. The molecule has 0 unspecified atom stereocenters. The number of carbonyl (C=O) groups is 2. The molecule has 0 aliphatic rings. The number of aromatic nitrogens is 1. The monoisotopic (exact) mass is 396 g/mol. The molecule has 0 radical (unpaired) electrons. The molecule has 7 heteroatoms. The molecule has 1 amide bonds. The first-order valence-electron chi connectivity index (χ1n) is 6.76. The van der Waals surface area contributed by atoms with Crippen molar-refractivity contribution < 1.29 is 14.3 Å². The van der Waals surface area contributed by atoms with Gasteiger partial charge in [0.1, 0.15) is 5.69 Å². The van der Waals surface area contributed by atoms with E-state index in [1.807, 2.05) is 19.1 Å². The Morgan fingerprint density at radius 2 is 2.04 bits per heavy atom. The summed E-state index contributed by atoms with van der Waals surface area (Å²) in [6.45, 7) is 3.43. The first-order valence-corrected chi connectivity index (χ1v) is 7.93. The van der Waals surface area contributed by atoms with Gasteiger partial charge in [0.25, 0.3) is 5.91 Å². The zero-order valence-electron chi connectivity index (χ0n) is 12.5. The van der Waals surface area contributed by atoms with E-state index in [-0.39, 0.29) is 5.69 Å². The van der Waals surface area contributed by atoms with Crippen molar-refractivity contribution >= 4 is 45.1 Å². The van der Waals surface area contributed by atoms with Gasteiger partial charge in [0.2, 0.25) is 0 Å². The molecule has 120 valence electrons. The second kappa shape index (κ2) is 7.57. The van der Waals surface area contributed by atoms with Crippen molar-refractivity contribution in [1.82, 2.24) is 4.98 Å². The van der Waals surface area contributed by atoms with Gasteiger partial charge in [-0.25, -0.2) is 9.78 Å². The molecule has 0 saturated heterocycles. The number of rotatable bonds is 4. The van der Waals surface area contributed by atoms with Crippen LogP contribution in [0.1, 0.15) is 23.0 Å². The lowest BCUT2D eigenvalue weighted by atomic mass is 10.2. The molecule has 5 nitrogen and oxygen atoms in total. The Bertz CT molecular complexity index is 752. The van der Waals surface area contributed by atoms with Gasteiger partial charge in [0.15, 0.2) is 6.10 Å². The number of carbonyl (C=O) groups excluding carboxylic acids is 2. The van der Waals surface area contributed by atoms with E-state index in [1.54, 1.807) is 12.1 Å². The number of benzene rings is 1. The Morgan fingerprint density at radius 3 is 2.70 bits per heavy atom. The number of hydrogen-bond acceptors (Lipinski definition) is 4. The molecule has 1 heterocycles. The van der Waals surface area contributed by atoms with Crippen LogP contribution in [0.25, 0.3) is 0 Å². The fourth-order valence-electron chi connectivity index (χ4n) is 1.75. The molecular weight excluding hydrogens is 384 g/mol. The number of nitrogens with one attached hydrogen (secondary N) is 1. The predicted octanol–water partition coefficient (Wildman–Crippen LogP) is 3.99. The van der Waals surface area contributed by atoms with Crippen LogP contribution in [0.3, 0.4) is 0 Å². The Balaban J connectivity index is 2.01. The second-order valence-electron chi connectivity index (χ2n) is 4.88. The smallest absolute Gasteiger partial charge is 0.357 e. The van der Waals surface area contributed by atoms with E-state index < -0.39 is 18.0 Å². The van der Waals surface area contributed by atoms with E-state index in [4.69, 9.17) is 16.3 Å². The van der Waals surface area contributed by atoms with Crippen molar-refractivity contribution in [2.75, 3.05) is 5.32 Å². The number of anilines is 1. The van der Waals surface area contributed by atoms with Crippen molar-refractivity contribution in [2.45, 2.75) is 20.0 Å². The molecule has 0 saturated carbocycles. The molecule has 23 heavy (non-hydrogen) atoms. The maximum absolute atomic E-state index is 12.1. The zero-order chi connectivity index (χ0) is 17.0. The maximum atomic E-state index is 12.1. The van der Waals surface area contributed by atoms with Crippen LogP contribution in [0.5, 0.6) is 0 Å². The van der Waals surface area contributed by atoms with Crippen molar-refractivity contribution in [2.24, 2.45) is 0 Å². The molecule has 0 bridgehead atoms. The van der Waals surface area contributed by atoms with E-state index in [1.165, 1.54) is 19.2 Å². The number of aryl methyl sites for hydroxylation is 1. The molecule has 2 aromatic rings. The quantitative estimate of drug-likeness (QED) is 0.792. The Hall–Kier alpha value is -1.92. The van der Waals surface area contributed by atoms with Gasteiger partial charge in [-0.2, -0.15) is 0 Å². The number of pyridine rings is 1. The van der Waals surface area contributed by atoms with E-state index >= 15 is 0 Å². The molecule has 2 rings (SSSR count). The van der Waals surface area contributed by atoms with Gasteiger partial charge in [0, 0.05) is 15.7 Å². The SMILES string of the molecule is Cc1ccc(NC(=O)[C@H](C)OC(=O)c2cc(Cl)ccn2)c(Br)c1. The van der Waals surface area contributed by atoms with Crippen molar-refractivity contribution in [1.29, 1.82) is 0 Å². The third-order valence-corrected chi connectivity index (χ3v) is 3.86. The average molecular weight is 398 g/mol. The summed E-state index contributed by atoms with van der Waals surface area (Å²) in [5, 5.41) is 3.06. The number of ether oxygens (including phenoxy) is 1. The van der Waals surface area contributed by atoms with Crippen LogP contribution in [0.4, 0.5) is 5.69 Å². The lowest BCUT2D eigenvalue weighted by Gasteiger charge is -2.14. The number of hydrogen-bond donors (Lipinski definition) is 1. The van der Waals surface area contributed by atoms with Crippen LogP contribution in [0.2, 0.25) is 5.02 Å². The highest BCUT2D eigenvalue weighted by molar-refractivity contribution is 9.10. The highest BCUT2D eigenvalue weighted by Gasteiger charge is 2.20. The Labute approximate surface area is 147 Å². The molecule has 0 fully saturated rings. The normalized spacial score (nSPS) is 11.7. The minimum absolute atomic E-state index is 0.0497. The summed E-state index contributed by atoms with van der Waals surface area (Å²) in [7, 11) is 0. The summed E-state index contributed by atoms with van der Waals surface area (Å²) < 4.78 is 5.85. The minimum atomic E-state index is -0.975. The van der Waals surface area contributed by atoms with Crippen LogP contribution < -0.4 is 5.32 Å². The first-order chi connectivity index (χ1) is 10.9. The van der Waals surface area contributed by atoms with Crippen LogP contribution in [0.15, 0.2) is 41.0 Å².